The summed E-state index contributed by atoms with van der Waals surface area (Å²) in [5.41, 5.74) is 0.351. The first kappa shape index (κ1) is 19.8. The fraction of sp³-hybridized carbons (Fsp3) is 0.318. The average Bonchev–Trinajstić information content (AvgIpc) is 3.38. The lowest BCUT2D eigenvalue weighted by Crippen LogP contribution is -2.63. The molecule has 30 heavy (non-hydrogen) atoms. The van der Waals surface area contributed by atoms with Crippen molar-refractivity contribution in [2.45, 2.75) is 25.4 Å². The van der Waals surface area contributed by atoms with Crippen molar-refractivity contribution in [3.63, 3.8) is 0 Å². The predicted octanol–water partition coefficient (Wildman–Crippen LogP) is 1.55. The van der Waals surface area contributed by atoms with Gasteiger partial charge in [-0.3, -0.25) is 14.4 Å². The fourth-order valence-electron chi connectivity index (χ4n) is 3.79. The first-order valence-electron chi connectivity index (χ1n) is 9.84. The number of hydrogen-bond donors (Lipinski definition) is 2. The molecule has 0 bridgehead atoms. The van der Waals surface area contributed by atoms with Gasteiger partial charge >= 0.3 is 0 Å². The Morgan fingerprint density at radius 2 is 1.97 bits per heavy atom. The molecule has 0 aliphatic carbocycles. The number of para-hydroxylation sites is 1. The molecule has 2 aromatic heterocycles. The van der Waals surface area contributed by atoms with E-state index in [1.54, 1.807) is 26.3 Å². The van der Waals surface area contributed by atoms with E-state index in [0.717, 1.165) is 16.7 Å². The van der Waals surface area contributed by atoms with E-state index in [2.05, 4.69) is 10.6 Å². The van der Waals surface area contributed by atoms with Gasteiger partial charge in [-0.25, -0.2) is 0 Å². The molecule has 8 nitrogen and oxygen atoms in total. The summed E-state index contributed by atoms with van der Waals surface area (Å²) in [6.07, 6.45) is 2.16. The quantitative estimate of drug-likeness (QED) is 0.647. The van der Waals surface area contributed by atoms with E-state index in [1.165, 1.54) is 4.90 Å². The molecule has 156 valence electrons. The minimum Gasteiger partial charge on any atom is -0.469 e. The summed E-state index contributed by atoms with van der Waals surface area (Å²) < 4.78 is 7.10. The topological polar surface area (TPSA) is 96.6 Å². The van der Waals surface area contributed by atoms with Gasteiger partial charge in [-0.2, -0.15) is 0 Å². The Hall–Kier alpha value is -3.55. The minimum atomic E-state index is -1.11. The number of aromatic nitrogens is 1. The number of furan rings is 1. The van der Waals surface area contributed by atoms with Crippen LogP contribution in [0.25, 0.3) is 10.9 Å². The third-order valence-electron chi connectivity index (χ3n) is 5.71. The molecule has 0 saturated carbocycles. The van der Waals surface area contributed by atoms with Crippen LogP contribution in [0.2, 0.25) is 0 Å². The molecular weight excluding hydrogens is 384 g/mol. The molecule has 4 rings (SSSR count). The molecule has 0 saturated heterocycles. The molecule has 0 unspecified atom stereocenters. The molecule has 3 aromatic rings. The first-order chi connectivity index (χ1) is 14.4. The lowest BCUT2D eigenvalue weighted by molar-refractivity contribution is -0.134. The second-order valence-electron chi connectivity index (χ2n) is 7.67. The fourth-order valence-corrected chi connectivity index (χ4v) is 3.79. The molecule has 0 spiro atoms. The van der Waals surface area contributed by atoms with Crippen LogP contribution in [0.5, 0.6) is 0 Å². The monoisotopic (exact) mass is 408 g/mol. The Balaban J connectivity index is 1.41. The van der Waals surface area contributed by atoms with Crippen molar-refractivity contribution in [1.29, 1.82) is 0 Å². The van der Waals surface area contributed by atoms with E-state index in [-0.39, 0.29) is 24.3 Å². The van der Waals surface area contributed by atoms with E-state index in [1.807, 2.05) is 41.0 Å². The van der Waals surface area contributed by atoms with E-state index in [0.29, 0.717) is 25.2 Å². The van der Waals surface area contributed by atoms with Gasteiger partial charge in [-0.15, -0.1) is 0 Å². The number of amides is 3. The van der Waals surface area contributed by atoms with Gasteiger partial charge < -0.3 is 24.5 Å². The number of nitrogens with one attached hydrogen (secondary N) is 2. The van der Waals surface area contributed by atoms with Crippen LogP contribution in [-0.2, 0) is 22.6 Å². The number of fused-ring (bicyclic) bond motifs is 3. The van der Waals surface area contributed by atoms with E-state index in [9.17, 15) is 14.4 Å². The minimum absolute atomic E-state index is 0.159. The van der Waals surface area contributed by atoms with Crippen LogP contribution in [0.4, 0.5) is 0 Å². The normalized spacial score (nSPS) is 18.3. The zero-order valence-electron chi connectivity index (χ0n) is 17.0. The summed E-state index contributed by atoms with van der Waals surface area (Å²) in [6.45, 7) is 2.28. The first-order valence-corrected chi connectivity index (χ1v) is 9.84. The molecule has 1 aliphatic rings. The van der Waals surface area contributed by atoms with Crippen molar-refractivity contribution in [3.8, 4) is 0 Å². The highest BCUT2D eigenvalue weighted by Crippen LogP contribution is 2.31. The van der Waals surface area contributed by atoms with Crippen molar-refractivity contribution in [3.05, 3.63) is 60.2 Å². The highest BCUT2D eigenvalue weighted by Gasteiger charge is 2.45. The molecular formula is C22H24N4O4. The lowest BCUT2D eigenvalue weighted by Gasteiger charge is -2.41. The van der Waals surface area contributed by atoms with Gasteiger partial charge in [0.1, 0.15) is 17.0 Å². The van der Waals surface area contributed by atoms with Gasteiger partial charge in [-0.05, 0) is 31.2 Å². The molecule has 1 aromatic carbocycles. The van der Waals surface area contributed by atoms with Gasteiger partial charge in [0.25, 0.3) is 5.91 Å². The van der Waals surface area contributed by atoms with Crippen LogP contribution in [0, 0.1) is 0 Å². The number of carbonyl (C=O) groups excluding carboxylic acids is 3. The largest absolute Gasteiger partial charge is 0.469 e. The zero-order chi connectivity index (χ0) is 21.3. The van der Waals surface area contributed by atoms with E-state index >= 15 is 0 Å². The summed E-state index contributed by atoms with van der Waals surface area (Å²) in [7, 11) is 1.62. The molecule has 2 N–H and O–H groups in total. The Morgan fingerprint density at radius 3 is 2.73 bits per heavy atom. The SMILES string of the molecule is CN1C(=O)c2cc3ccccc3n2C[C@]1(C)C(=O)NCC(=O)NCCc1ccco1. The smallest absolute Gasteiger partial charge is 0.271 e. The second-order valence-corrected chi connectivity index (χ2v) is 7.67. The molecule has 0 fully saturated rings. The third-order valence-corrected chi connectivity index (χ3v) is 5.71. The summed E-state index contributed by atoms with van der Waals surface area (Å²) >= 11 is 0. The number of carbonyl (C=O) groups is 3. The number of benzene rings is 1. The van der Waals surface area contributed by atoms with Gasteiger partial charge in [0.05, 0.1) is 19.4 Å². The summed E-state index contributed by atoms with van der Waals surface area (Å²) in [4.78, 5) is 39.5. The highest BCUT2D eigenvalue weighted by molar-refractivity contribution is 6.03. The van der Waals surface area contributed by atoms with Crippen molar-refractivity contribution in [1.82, 2.24) is 20.1 Å². The van der Waals surface area contributed by atoms with Gasteiger partial charge in [0, 0.05) is 30.9 Å². The lowest BCUT2D eigenvalue weighted by atomic mass is 9.95. The maximum absolute atomic E-state index is 13.0. The Labute approximate surface area is 173 Å². The van der Waals surface area contributed by atoms with Gasteiger partial charge in [0.15, 0.2) is 0 Å². The standard InChI is InChI=1S/C22H24N4O4/c1-22(21(29)24-13-19(27)23-10-9-16-7-5-11-30-16)14-26-17-8-4-3-6-15(17)12-18(26)20(28)25(22)2/h3-8,11-12H,9-10,13-14H2,1-2H3,(H,23,27)(H,24,29)/t22-/m1/s1. The maximum Gasteiger partial charge on any atom is 0.271 e. The van der Waals surface area contributed by atoms with Crippen LogP contribution in [-0.4, -0.2) is 52.9 Å². The molecule has 0 radical (unpaired) electrons. The number of nitrogens with zero attached hydrogens (tertiary/aromatic N) is 2. The Kier molecular flexibility index (Phi) is 5.07. The maximum atomic E-state index is 13.0. The second kappa shape index (κ2) is 7.70. The van der Waals surface area contributed by atoms with Crippen LogP contribution in [0.15, 0.2) is 53.1 Å². The molecule has 1 atom stereocenters. The Bertz CT molecular complexity index is 1100. The number of rotatable bonds is 6. The summed E-state index contributed by atoms with van der Waals surface area (Å²) in [5.74, 6) is -0.111. The van der Waals surface area contributed by atoms with Crippen molar-refractivity contribution < 1.29 is 18.8 Å². The third kappa shape index (κ3) is 3.45. The average molecular weight is 408 g/mol. The number of hydrogen-bond acceptors (Lipinski definition) is 4. The molecule has 1 aliphatic heterocycles. The van der Waals surface area contributed by atoms with Crippen molar-refractivity contribution in [2.75, 3.05) is 20.1 Å². The van der Waals surface area contributed by atoms with Crippen molar-refractivity contribution >= 4 is 28.6 Å². The van der Waals surface area contributed by atoms with Crippen LogP contribution in [0.1, 0.15) is 23.2 Å². The van der Waals surface area contributed by atoms with Crippen molar-refractivity contribution in [2.24, 2.45) is 0 Å². The summed E-state index contributed by atoms with van der Waals surface area (Å²) in [5, 5.41) is 6.38. The van der Waals surface area contributed by atoms with Gasteiger partial charge in [0.2, 0.25) is 11.8 Å². The molecule has 3 amide bonds. The van der Waals surface area contributed by atoms with Crippen LogP contribution in [0.3, 0.4) is 0 Å². The number of likely N-dealkylation sites (N-methyl/N-ethyl adjacent to an activating group) is 1. The molecule has 8 heteroatoms. The van der Waals surface area contributed by atoms with Gasteiger partial charge in [-0.1, -0.05) is 18.2 Å². The highest BCUT2D eigenvalue weighted by atomic mass is 16.3. The van der Waals surface area contributed by atoms with Crippen LogP contribution < -0.4 is 10.6 Å². The predicted molar refractivity (Wildman–Crippen MR) is 111 cm³/mol. The van der Waals surface area contributed by atoms with E-state index < -0.39 is 5.54 Å². The van der Waals surface area contributed by atoms with Crippen LogP contribution >= 0.6 is 0 Å². The Morgan fingerprint density at radius 1 is 1.17 bits per heavy atom. The molecule has 3 heterocycles. The zero-order valence-corrected chi connectivity index (χ0v) is 17.0. The van der Waals surface area contributed by atoms with E-state index in [4.69, 9.17) is 4.42 Å². The summed E-state index contributed by atoms with van der Waals surface area (Å²) in [6, 6.07) is 13.2.